The Morgan fingerprint density at radius 2 is 2.13 bits per heavy atom. The van der Waals surface area contributed by atoms with Crippen molar-refractivity contribution in [3.05, 3.63) is 16.0 Å². The molecule has 1 aromatic rings. The van der Waals surface area contributed by atoms with Crippen LogP contribution in [-0.4, -0.2) is 29.4 Å². The Balaban J connectivity index is 2.38. The molecule has 0 spiro atoms. The van der Waals surface area contributed by atoms with Crippen molar-refractivity contribution in [2.75, 3.05) is 11.9 Å². The topological polar surface area (TPSA) is 88.0 Å². The van der Waals surface area contributed by atoms with Crippen molar-refractivity contribution in [1.82, 2.24) is 0 Å². The number of nitrogens with zero attached hydrogens (tertiary/aromatic N) is 1. The Kier molecular flexibility index (Phi) is 6.15. The van der Waals surface area contributed by atoms with Crippen LogP contribution >= 0.6 is 11.3 Å². The maximum absolute atomic E-state index is 12.3. The monoisotopic (exact) mass is 338 g/mol. The molecule has 0 aromatic carbocycles. The van der Waals surface area contributed by atoms with Crippen LogP contribution in [0.2, 0.25) is 0 Å². The highest BCUT2D eigenvalue weighted by Crippen LogP contribution is 2.39. The Morgan fingerprint density at radius 3 is 2.78 bits per heavy atom. The number of fused-ring (bicyclic) bond motifs is 1. The van der Waals surface area contributed by atoms with E-state index >= 15 is 0 Å². The third kappa shape index (κ3) is 3.90. The number of hydrogen-bond acceptors (Lipinski definition) is 6. The van der Waals surface area contributed by atoms with Gasteiger partial charge >= 0.3 is 5.97 Å². The highest BCUT2D eigenvalue weighted by atomic mass is 32.1. The van der Waals surface area contributed by atoms with E-state index in [4.69, 9.17) is 9.94 Å². The zero-order valence-corrected chi connectivity index (χ0v) is 14.3. The van der Waals surface area contributed by atoms with Crippen LogP contribution < -0.4 is 5.32 Å². The van der Waals surface area contributed by atoms with E-state index in [0.717, 1.165) is 29.7 Å². The van der Waals surface area contributed by atoms with Crippen LogP contribution in [0.5, 0.6) is 0 Å². The van der Waals surface area contributed by atoms with Gasteiger partial charge in [-0.05, 0) is 38.2 Å². The molecule has 0 aliphatic heterocycles. The van der Waals surface area contributed by atoms with Gasteiger partial charge in [0.25, 0.3) is 0 Å². The molecule has 6 nitrogen and oxygen atoms in total. The molecule has 1 amide bonds. The summed E-state index contributed by atoms with van der Waals surface area (Å²) in [7, 11) is 0. The molecular formula is C16H22N2O4S. The largest absolute Gasteiger partial charge is 0.462 e. The van der Waals surface area contributed by atoms with Gasteiger partial charge in [0, 0.05) is 6.42 Å². The number of nitrogens with one attached hydrogen (secondary N) is 1. The number of anilines is 1. The van der Waals surface area contributed by atoms with Crippen LogP contribution in [0.3, 0.4) is 0 Å². The molecule has 23 heavy (non-hydrogen) atoms. The van der Waals surface area contributed by atoms with Crippen LogP contribution in [0.4, 0.5) is 5.00 Å². The molecule has 1 heterocycles. The van der Waals surface area contributed by atoms with E-state index < -0.39 is 5.97 Å². The first kappa shape index (κ1) is 17.5. The molecule has 7 heteroatoms. The quantitative estimate of drug-likeness (QED) is 0.471. The number of rotatable bonds is 6. The molecule has 0 saturated carbocycles. The zero-order chi connectivity index (χ0) is 16.8. The van der Waals surface area contributed by atoms with Gasteiger partial charge in [-0.25, -0.2) is 4.79 Å². The van der Waals surface area contributed by atoms with Gasteiger partial charge in [-0.3, -0.25) is 4.79 Å². The molecule has 2 N–H and O–H groups in total. The number of ether oxygens (including phenoxy) is 1. The predicted octanol–water partition coefficient (Wildman–Crippen LogP) is 3.57. The highest BCUT2D eigenvalue weighted by molar-refractivity contribution is 7.19. The van der Waals surface area contributed by atoms with E-state index in [1.807, 2.05) is 6.92 Å². The number of thiophene rings is 1. The molecule has 0 atom stereocenters. The summed E-state index contributed by atoms with van der Waals surface area (Å²) in [5.74, 6) is -0.548. The first-order chi connectivity index (χ1) is 11.1. The second-order valence-electron chi connectivity index (χ2n) is 5.39. The summed E-state index contributed by atoms with van der Waals surface area (Å²) < 4.78 is 5.14. The van der Waals surface area contributed by atoms with Gasteiger partial charge in [-0.15, -0.1) is 11.3 Å². The number of carbonyl (C=O) groups is 2. The van der Waals surface area contributed by atoms with Gasteiger partial charge in [0.05, 0.1) is 22.8 Å². The molecule has 1 aliphatic rings. The van der Waals surface area contributed by atoms with Crippen LogP contribution in [0.15, 0.2) is 5.16 Å². The summed E-state index contributed by atoms with van der Waals surface area (Å²) >= 11 is 1.29. The Morgan fingerprint density at radius 1 is 1.35 bits per heavy atom. The molecule has 1 aromatic heterocycles. The fraction of sp³-hybridized carbons (Fsp3) is 0.562. The average molecular weight is 338 g/mol. The van der Waals surface area contributed by atoms with E-state index in [9.17, 15) is 9.59 Å². The lowest BCUT2D eigenvalue weighted by Gasteiger charge is -2.13. The lowest BCUT2D eigenvalue weighted by molar-refractivity contribution is -0.116. The van der Waals surface area contributed by atoms with E-state index in [0.29, 0.717) is 35.5 Å². The normalized spacial score (nSPS) is 15.3. The number of oxime groups is 1. The summed E-state index contributed by atoms with van der Waals surface area (Å²) in [5.41, 5.74) is 1.80. The van der Waals surface area contributed by atoms with Crippen molar-refractivity contribution < 1.29 is 19.5 Å². The van der Waals surface area contributed by atoms with E-state index in [-0.39, 0.29) is 12.5 Å². The fourth-order valence-corrected chi connectivity index (χ4v) is 3.88. The van der Waals surface area contributed by atoms with Gasteiger partial charge in [-0.2, -0.15) is 0 Å². The number of carbonyl (C=O) groups excluding carboxylic acids is 2. The molecule has 0 unspecified atom stereocenters. The predicted molar refractivity (Wildman–Crippen MR) is 89.7 cm³/mol. The van der Waals surface area contributed by atoms with Gasteiger partial charge in [0.1, 0.15) is 5.00 Å². The molecular weight excluding hydrogens is 316 g/mol. The first-order valence-electron chi connectivity index (χ1n) is 7.96. The molecule has 2 rings (SSSR count). The second kappa shape index (κ2) is 8.10. The summed E-state index contributed by atoms with van der Waals surface area (Å²) in [6, 6.07) is 0. The van der Waals surface area contributed by atoms with E-state index in [2.05, 4.69) is 10.5 Å². The summed E-state index contributed by atoms with van der Waals surface area (Å²) in [5, 5.41) is 15.8. The van der Waals surface area contributed by atoms with Crippen molar-refractivity contribution >= 4 is 33.9 Å². The average Bonchev–Trinajstić information content (AvgIpc) is 2.90. The smallest absolute Gasteiger partial charge is 0.341 e. The first-order valence-corrected chi connectivity index (χ1v) is 8.77. The van der Waals surface area contributed by atoms with Crippen molar-refractivity contribution in [2.24, 2.45) is 5.16 Å². The Labute approximate surface area is 139 Å². The van der Waals surface area contributed by atoms with Gasteiger partial charge in [0.2, 0.25) is 5.91 Å². The third-order valence-corrected chi connectivity index (χ3v) is 4.92. The molecule has 126 valence electrons. The number of amides is 1. The summed E-state index contributed by atoms with van der Waals surface area (Å²) in [4.78, 5) is 25.1. The maximum atomic E-state index is 12.3. The Hall–Kier alpha value is -1.89. The second-order valence-corrected chi connectivity index (χ2v) is 6.41. The standard InChI is InChI=1S/C16H22N2O4S/c1-3-5-9-12(19)17-15-13(16(20)22-4-2)10-7-6-8-11(18-21)14(10)23-15/h21H,3-9H2,1-2H3,(H,17,19)/b18-11+. The minimum atomic E-state index is -0.435. The highest BCUT2D eigenvalue weighted by Gasteiger charge is 2.30. The van der Waals surface area contributed by atoms with E-state index in [1.165, 1.54) is 11.3 Å². The lowest BCUT2D eigenvalue weighted by atomic mass is 9.94. The fourth-order valence-electron chi connectivity index (χ4n) is 2.61. The van der Waals surface area contributed by atoms with Gasteiger partial charge in [-0.1, -0.05) is 18.5 Å². The van der Waals surface area contributed by atoms with Crippen LogP contribution in [0, 0.1) is 0 Å². The van der Waals surface area contributed by atoms with Crippen molar-refractivity contribution in [1.29, 1.82) is 0 Å². The Bertz CT molecular complexity index is 622. The van der Waals surface area contributed by atoms with Crippen LogP contribution in [0.1, 0.15) is 66.8 Å². The van der Waals surface area contributed by atoms with Gasteiger partial charge in [0.15, 0.2) is 0 Å². The lowest BCUT2D eigenvalue weighted by Crippen LogP contribution is -2.16. The molecule has 0 fully saturated rings. The number of unbranched alkanes of at least 4 members (excludes halogenated alkanes) is 1. The SMILES string of the molecule is CCCCC(=O)Nc1sc2c(c1C(=O)OCC)CCC/C2=N\O. The third-order valence-electron chi connectivity index (χ3n) is 3.72. The minimum absolute atomic E-state index is 0.113. The van der Waals surface area contributed by atoms with Crippen molar-refractivity contribution in [2.45, 2.75) is 52.4 Å². The molecule has 0 radical (unpaired) electrons. The van der Waals surface area contributed by atoms with Crippen LogP contribution in [-0.2, 0) is 16.0 Å². The number of esters is 1. The minimum Gasteiger partial charge on any atom is -0.462 e. The zero-order valence-electron chi connectivity index (χ0n) is 13.5. The molecule has 0 bridgehead atoms. The van der Waals surface area contributed by atoms with Gasteiger partial charge < -0.3 is 15.3 Å². The van der Waals surface area contributed by atoms with E-state index in [1.54, 1.807) is 6.92 Å². The molecule has 0 saturated heterocycles. The number of hydrogen-bond donors (Lipinski definition) is 2. The van der Waals surface area contributed by atoms with Crippen LogP contribution in [0.25, 0.3) is 0 Å². The summed E-state index contributed by atoms with van der Waals surface area (Å²) in [6.45, 7) is 4.04. The summed E-state index contributed by atoms with van der Waals surface area (Å²) in [6.07, 6.45) is 4.33. The molecule has 1 aliphatic carbocycles. The van der Waals surface area contributed by atoms with Crippen molar-refractivity contribution in [3.63, 3.8) is 0 Å². The maximum Gasteiger partial charge on any atom is 0.341 e. The van der Waals surface area contributed by atoms with Crippen molar-refractivity contribution in [3.8, 4) is 0 Å².